The zero-order valence-electron chi connectivity index (χ0n) is 12.1. The molecule has 22 heavy (non-hydrogen) atoms. The van der Waals surface area contributed by atoms with E-state index in [-0.39, 0.29) is 11.6 Å². The van der Waals surface area contributed by atoms with Crippen LogP contribution in [0.5, 0.6) is 0 Å². The summed E-state index contributed by atoms with van der Waals surface area (Å²) < 4.78 is 0.705. The van der Waals surface area contributed by atoms with Gasteiger partial charge in [-0.1, -0.05) is 6.92 Å². The normalized spacial score (nSPS) is 10.3. The number of nitro benzene ring substituents is 1. The van der Waals surface area contributed by atoms with Gasteiger partial charge in [-0.3, -0.25) is 19.9 Å². The van der Waals surface area contributed by atoms with Crippen LogP contribution in [0.3, 0.4) is 0 Å². The van der Waals surface area contributed by atoms with Crippen molar-refractivity contribution in [3.8, 4) is 0 Å². The SMILES string of the molecule is CCc1cc([N+](=O)[O-])cc(C)c1NC(=O)c1cncc(Br)c1. The van der Waals surface area contributed by atoms with Crippen molar-refractivity contribution in [1.82, 2.24) is 4.98 Å². The summed E-state index contributed by atoms with van der Waals surface area (Å²) in [5, 5.41) is 13.7. The largest absolute Gasteiger partial charge is 0.321 e. The second-order valence-electron chi connectivity index (χ2n) is 4.75. The topological polar surface area (TPSA) is 85.1 Å². The number of amides is 1. The van der Waals surface area contributed by atoms with Gasteiger partial charge in [0, 0.05) is 34.7 Å². The minimum atomic E-state index is -0.435. The number of anilines is 1. The Labute approximate surface area is 135 Å². The molecule has 0 radical (unpaired) electrons. The summed E-state index contributed by atoms with van der Waals surface area (Å²) in [6.07, 6.45) is 3.63. The Morgan fingerprint density at radius 3 is 2.68 bits per heavy atom. The maximum Gasteiger partial charge on any atom is 0.270 e. The summed E-state index contributed by atoms with van der Waals surface area (Å²) >= 11 is 3.27. The summed E-state index contributed by atoms with van der Waals surface area (Å²) in [7, 11) is 0. The number of aromatic nitrogens is 1. The zero-order valence-corrected chi connectivity index (χ0v) is 13.7. The zero-order chi connectivity index (χ0) is 16.3. The molecular formula is C15H14BrN3O3. The Bertz CT molecular complexity index is 747. The third kappa shape index (κ3) is 3.48. The number of nitrogens with one attached hydrogen (secondary N) is 1. The Morgan fingerprint density at radius 1 is 1.36 bits per heavy atom. The van der Waals surface area contributed by atoms with E-state index < -0.39 is 4.92 Å². The van der Waals surface area contributed by atoms with Crippen molar-refractivity contribution >= 4 is 33.2 Å². The third-order valence-corrected chi connectivity index (χ3v) is 3.63. The van der Waals surface area contributed by atoms with Crippen LogP contribution in [-0.2, 0) is 6.42 Å². The summed E-state index contributed by atoms with van der Waals surface area (Å²) in [6.45, 7) is 3.62. The molecule has 2 rings (SSSR count). The van der Waals surface area contributed by atoms with E-state index in [0.717, 1.165) is 5.56 Å². The van der Waals surface area contributed by atoms with Crippen molar-refractivity contribution < 1.29 is 9.72 Å². The van der Waals surface area contributed by atoms with Crippen molar-refractivity contribution in [2.24, 2.45) is 0 Å². The number of carbonyl (C=O) groups excluding carboxylic acids is 1. The predicted octanol–water partition coefficient (Wildman–Crippen LogP) is 3.88. The van der Waals surface area contributed by atoms with Gasteiger partial charge >= 0.3 is 0 Å². The fourth-order valence-corrected chi connectivity index (χ4v) is 2.49. The quantitative estimate of drug-likeness (QED) is 0.659. The lowest BCUT2D eigenvalue weighted by Crippen LogP contribution is -2.15. The standard InChI is InChI=1S/C15H14BrN3O3/c1-3-10-6-13(19(21)22)4-9(2)14(10)18-15(20)11-5-12(16)8-17-7-11/h4-8H,3H2,1-2H3,(H,18,20). The number of hydrogen-bond acceptors (Lipinski definition) is 4. The van der Waals surface area contributed by atoms with E-state index in [1.807, 2.05) is 6.92 Å². The third-order valence-electron chi connectivity index (χ3n) is 3.20. The van der Waals surface area contributed by atoms with Gasteiger partial charge in [0.2, 0.25) is 0 Å². The van der Waals surface area contributed by atoms with Gasteiger partial charge in [-0.05, 0) is 46.5 Å². The van der Waals surface area contributed by atoms with Crippen molar-refractivity contribution in [3.05, 3.63) is 61.9 Å². The molecule has 114 valence electrons. The Kier molecular flexibility index (Phi) is 4.87. The smallest absolute Gasteiger partial charge is 0.270 e. The van der Waals surface area contributed by atoms with E-state index in [9.17, 15) is 14.9 Å². The van der Waals surface area contributed by atoms with E-state index in [1.54, 1.807) is 19.2 Å². The van der Waals surface area contributed by atoms with Gasteiger partial charge in [0.15, 0.2) is 0 Å². The molecular weight excluding hydrogens is 350 g/mol. The first-order chi connectivity index (χ1) is 10.4. The number of nitrogens with zero attached hydrogens (tertiary/aromatic N) is 2. The molecule has 0 fully saturated rings. The fourth-order valence-electron chi connectivity index (χ4n) is 2.12. The fraction of sp³-hybridized carbons (Fsp3) is 0.200. The molecule has 0 aliphatic heterocycles. The van der Waals surface area contributed by atoms with Crippen LogP contribution in [0.4, 0.5) is 11.4 Å². The van der Waals surface area contributed by atoms with Crippen LogP contribution < -0.4 is 5.32 Å². The summed E-state index contributed by atoms with van der Waals surface area (Å²) in [6, 6.07) is 4.60. The van der Waals surface area contributed by atoms with E-state index in [2.05, 4.69) is 26.2 Å². The van der Waals surface area contributed by atoms with Crippen LogP contribution in [0.2, 0.25) is 0 Å². The lowest BCUT2D eigenvalue weighted by Gasteiger charge is -2.13. The molecule has 1 heterocycles. The lowest BCUT2D eigenvalue weighted by atomic mass is 10.0. The van der Waals surface area contributed by atoms with E-state index in [4.69, 9.17) is 0 Å². The molecule has 1 N–H and O–H groups in total. The highest BCUT2D eigenvalue weighted by Gasteiger charge is 2.16. The molecule has 1 aromatic carbocycles. The van der Waals surface area contributed by atoms with Gasteiger partial charge in [0.25, 0.3) is 11.6 Å². The van der Waals surface area contributed by atoms with Crippen molar-refractivity contribution in [2.45, 2.75) is 20.3 Å². The minimum absolute atomic E-state index is 0.0245. The molecule has 0 spiro atoms. The molecule has 0 aliphatic rings. The molecule has 0 saturated carbocycles. The number of non-ortho nitro benzene ring substituents is 1. The van der Waals surface area contributed by atoms with Crippen LogP contribution in [0, 0.1) is 17.0 Å². The molecule has 0 unspecified atom stereocenters. The van der Waals surface area contributed by atoms with E-state index in [0.29, 0.717) is 27.7 Å². The highest BCUT2D eigenvalue weighted by atomic mass is 79.9. The first-order valence-corrected chi connectivity index (χ1v) is 7.41. The molecule has 6 nitrogen and oxygen atoms in total. The lowest BCUT2D eigenvalue weighted by molar-refractivity contribution is -0.384. The number of hydrogen-bond donors (Lipinski definition) is 1. The van der Waals surface area contributed by atoms with Crippen molar-refractivity contribution in [3.63, 3.8) is 0 Å². The number of aryl methyl sites for hydroxylation is 2. The Balaban J connectivity index is 2.37. The highest BCUT2D eigenvalue weighted by Crippen LogP contribution is 2.28. The first kappa shape index (κ1) is 16.1. The molecule has 0 atom stereocenters. The van der Waals surface area contributed by atoms with Crippen LogP contribution in [-0.4, -0.2) is 15.8 Å². The highest BCUT2D eigenvalue weighted by molar-refractivity contribution is 9.10. The maximum atomic E-state index is 12.3. The van der Waals surface area contributed by atoms with Gasteiger partial charge < -0.3 is 5.32 Å². The van der Waals surface area contributed by atoms with Crippen molar-refractivity contribution in [1.29, 1.82) is 0 Å². The van der Waals surface area contributed by atoms with Gasteiger partial charge in [-0.25, -0.2) is 0 Å². The first-order valence-electron chi connectivity index (χ1n) is 6.62. The molecule has 2 aromatic rings. The van der Waals surface area contributed by atoms with Crippen molar-refractivity contribution in [2.75, 3.05) is 5.32 Å². The summed E-state index contributed by atoms with van der Waals surface area (Å²) in [5.41, 5.74) is 2.43. The Morgan fingerprint density at radius 2 is 2.09 bits per heavy atom. The minimum Gasteiger partial charge on any atom is -0.321 e. The van der Waals surface area contributed by atoms with Crippen LogP contribution >= 0.6 is 15.9 Å². The van der Waals surface area contributed by atoms with E-state index >= 15 is 0 Å². The average Bonchev–Trinajstić information content (AvgIpc) is 2.48. The summed E-state index contributed by atoms with van der Waals surface area (Å²) in [4.78, 5) is 26.7. The second-order valence-corrected chi connectivity index (χ2v) is 5.67. The number of pyridine rings is 1. The van der Waals surface area contributed by atoms with Gasteiger partial charge in [0.1, 0.15) is 0 Å². The van der Waals surface area contributed by atoms with Crippen LogP contribution in [0.15, 0.2) is 35.1 Å². The monoisotopic (exact) mass is 363 g/mol. The van der Waals surface area contributed by atoms with Gasteiger partial charge in [0.05, 0.1) is 10.5 Å². The number of rotatable bonds is 4. The maximum absolute atomic E-state index is 12.3. The number of benzene rings is 1. The van der Waals surface area contributed by atoms with Gasteiger partial charge in [-0.2, -0.15) is 0 Å². The Hall–Kier alpha value is -2.28. The van der Waals surface area contributed by atoms with Crippen LogP contribution in [0.25, 0.3) is 0 Å². The molecule has 0 saturated heterocycles. The molecule has 1 amide bonds. The predicted molar refractivity (Wildman–Crippen MR) is 87.1 cm³/mol. The van der Waals surface area contributed by atoms with Gasteiger partial charge in [-0.15, -0.1) is 0 Å². The number of carbonyl (C=O) groups is 1. The summed E-state index contributed by atoms with van der Waals surface area (Å²) in [5.74, 6) is -0.305. The number of halogens is 1. The molecule has 0 bridgehead atoms. The average molecular weight is 364 g/mol. The number of nitro groups is 1. The molecule has 1 aromatic heterocycles. The molecule has 0 aliphatic carbocycles. The van der Waals surface area contributed by atoms with Crippen LogP contribution in [0.1, 0.15) is 28.4 Å². The van der Waals surface area contributed by atoms with E-state index in [1.165, 1.54) is 18.3 Å². The second kappa shape index (κ2) is 6.65. The molecule has 7 heteroatoms.